The zero-order chi connectivity index (χ0) is 17.9. The first-order chi connectivity index (χ1) is 11.8. The molecule has 3 aliphatic heterocycles. The van der Waals surface area contributed by atoms with Crippen LogP contribution in [0.3, 0.4) is 0 Å². The summed E-state index contributed by atoms with van der Waals surface area (Å²) in [7, 11) is 0. The van der Waals surface area contributed by atoms with E-state index < -0.39 is 34.9 Å². The third-order valence-corrected chi connectivity index (χ3v) is 5.48. The van der Waals surface area contributed by atoms with Crippen LogP contribution in [0.5, 0.6) is 0 Å². The number of imide groups is 1. The highest BCUT2D eigenvalue weighted by Crippen LogP contribution is 2.47. The molecule has 0 radical (unpaired) electrons. The quantitative estimate of drug-likeness (QED) is 0.560. The van der Waals surface area contributed by atoms with E-state index in [1.807, 2.05) is 18.7 Å². The maximum Gasteiger partial charge on any atom is 0.242 e. The lowest BCUT2D eigenvalue weighted by Crippen LogP contribution is -2.72. The molecular formula is C18H19FN2O4. The van der Waals surface area contributed by atoms with E-state index in [2.05, 4.69) is 5.32 Å². The number of halogens is 1. The summed E-state index contributed by atoms with van der Waals surface area (Å²) in [5.74, 6) is -2.03. The molecule has 4 atom stereocenters. The number of carbonyl (C=O) groups is 3. The monoisotopic (exact) mass is 346 g/mol. The number of carbonyl (C=O) groups excluding carboxylic acids is 3. The fraction of sp³-hybridized carbons (Fsp3) is 0.500. The average Bonchev–Trinajstić information content (AvgIpc) is 2.51. The Hall–Kier alpha value is -2.28. The zero-order valence-corrected chi connectivity index (χ0v) is 14.0. The maximum atomic E-state index is 13.8. The Labute approximate surface area is 144 Å². The van der Waals surface area contributed by atoms with Gasteiger partial charge in [0.25, 0.3) is 0 Å². The second kappa shape index (κ2) is 5.36. The Balaban J connectivity index is 1.92. The van der Waals surface area contributed by atoms with Gasteiger partial charge in [0, 0.05) is 12.2 Å². The number of ether oxygens (including phenoxy) is 1. The Morgan fingerprint density at radius 2 is 2.04 bits per heavy atom. The predicted octanol–water partition coefficient (Wildman–Crippen LogP) is 0.966. The number of hydrogen-bond donors (Lipinski definition) is 1. The Kier molecular flexibility index (Phi) is 3.47. The van der Waals surface area contributed by atoms with Crippen LogP contribution in [0.25, 0.3) is 0 Å². The number of nitrogens with zero attached hydrogens (tertiary/aromatic N) is 1. The SMILES string of the molecule is C[C@@H]1CN2c3ccc(F)cc3C[C@@]3(C(=O)CC(=O)NC3=O)[C@H]2[C@H](C)O1. The van der Waals surface area contributed by atoms with Crippen LogP contribution in [-0.2, 0) is 25.5 Å². The molecule has 1 spiro atoms. The van der Waals surface area contributed by atoms with Crippen molar-refractivity contribution >= 4 is 23.3 Å². The predicted molar refractivity (Wildman–Crippen MR) is 86.5 cm³/mol. The van der Waals surface area contributed by atoms with Crippen molar-refractivity contribution in [2.45, 2.75) is 44.9 Å². The van der Waals surface area contributed by atoms with Crippen molar-refractivity contribution in [3.8, 4) is 0 Å². The van der Waals surface area contributed by atoms with E-state index in [-0.39, 0.29) is 25.0 Å². The standard InChI is InChI=1S/C18H19FN2O4/c1-9-8-21-13-4-3-12(19)5-11(13)7-18(16(21)10(2)25-9)14(22)6-15(23)20-17(18)24/h3-5,9-10,16H,6-8H2,1-2H3,(H,20,23,24)/t9-,10+,16-,18-/m1/s1. The van der Waals surface area contributed by atoms with Gasteiger partial charge in [-0.3, -0.25) is 19.7 Å². The summed E-state index contributed by atoms with van der Waals surface area (Å²) in [5.41, 5.74) is -0.0132. The number of piperidine rings is 1. The summed E-state index contributed by atoms with van der Waals surface area (Å²) in [6.45, 7) is 4.24. The van der Waals surface area contributed by atoms with Gasteiger partial charge in [-0.25, -0.2) is 4.39 Å². The number of nitrogens with one attached hydrogen (secondary N) is 1. The number of anilines is 1. The lowest BCUT2D eigenvalue weighted by Gasteiger charge is -2.55. The fourth-order valence-electron chi connectivity index (χ4n) is 4.61. The maximum absolute atomic E-state index is 13.8. The largest absolute Gasteiger partial charge is 0.372 e. The summed E-state index contributed by atoms with van der Waals surface area (Å²) in [5, 5.41) is 2.31. The smallest absolute Gasteiger partial charge is 0.242 e. The first kappa shape index (κ1) is 16.2. The van der Waals surface area contributed by atoms with Gasteiger partial charge in [0.05, 0.1) is 24.7 Å². The number of Topliss-reactive ketones (excluding diaryl/α,β-unsaturated/α-hetero) is 1. The second-order valence-electron chi connectivity index (χ2n) is 7.15. The minimum atomic E-state index is -1.44. The molecule has 132 valence electrons. The average molecular weight is 346 g/mol. The molecule has 3 heterocycles. The van der Waals surface area contributed by atoms with Gasteiger partial charge in [0.1, 0.15) is 11.2 Å². The van der Waals surface area contributed by atoms with Gasteiger partial charge >= 0.3 is 0 Å². The Morgan fingerprint density at radius 1 is 1.28 bits per heavy atom. The molecule has 2 amide bonds. The molecule has 6 nitrogen and oxygen atoms in total. The zero-order valence-electron chi connectivity index (χ0n) is 14.0. The third-order valence-electron chi connectivity index (χ3n) is 5.48. The van der Waals surface area contributed by atoms with Crippen molar-refractivity contribution in [2.24, 2.45) is 5.41 Å². The molecule has 0 saturated carbocycles. The highest BCUT2D eigenvalue weighted by atomic mass is 19.1. The first-order valence-electron chi connectivity index (χ1n) is 8.41. The van der Waals surface area contributed by atoms with E-state index in [0.717, 1.165) is 5.69 Å². The van der Waals surface area contributed by atoms with Crippen molar-refractivity contribution < 1.29 is 23.5 Å². The summed E-state index contributed by atoms with van der Waals surface area (Å²) >= 11 is 0. The van der Waals surface area contributed by atoms with Gasteiger partial charge in [0.15, 0.2) is 5.78 Å². The number of benzene rings is 1. The molecule has 1 aromatic rings. The van der Waals surface area contributed by atoms with Gasteiger partial charge < -0.3 is 9.64 Å². The number of morpholine rings is 1. The van der Waals surface area contributed by atoms with Crippen LogP contribution >= 0.6 is 0 Å². The van der Waals surface area contributed by atoms with E-state index in [1.54, 1.807) is 6.07 Å². The molecule has 25 heavy (non-hydrogen) atoms. The van der Waals surface area contributed by atoms with Crippen LogP contribution < -0.4 is 10.2 Å². The van der Waals surface area contributed by atoms with E-state index >= 15 is 0 Å². The van der Waals surface area contributed by atoms with Crippen molar-refractivity contribution in [1.29, 1.82) is 0 Å². The number of fused-ring (bicyclic) bond motifs is 4. The number of ketones is 1. The Bertz CT molecular complexity index is 773. The summed E-state index contributed by atoms with van der Waals surface area (Å²) in [4.78, 5) is 39.4. The normalized spacial score (nSPS) is 34.6. The first-order valence-corrected chi connectivity index (χ1v) is 8.41. The molecule has 1 aromatic carbocycles. The summed E-state index contributed by atoms with van der Waals surface area (Å²) in [6.07, 6.45) is -0.753. The number of hydrogen-bond acceptors (Lipinski definition) is 5. The highest BCUT2D eigenvalue weighted by Gasteiger charge is 2.62. The molecule has 2 saturated heterocycles. The number of amides is 2. The van der Waals surface area contributed by atoms with Crippen molar-refractivity contribution in [3.63, 3.8) is 0 Å². The lowest BCUT2D eigenvalue weighted by atomic mass is 9.63. The minimum Gasteiger partial charge on any atom is -0.372 e. The van der Waals surface area contributed by atoms with Crippen molar-refractivity contribution in [3.05, 3.63) is 29.6 Å². The summed E-state index contributed by atoms with van der Waals surface area (Å²) < 4.78 is 19.7. The third kappa shape index (κ3) is 2.22. The highest BCUT2D eigenvalue weighted by molar-refractivity contribution is 6.22. The molecular weight excluding hydrogens is 327 g/mol. The van der Waals surface area contributed by atoms with Crippen LogP contribution in [0.2, 0.25) is 0 Å². The van der Waals surface area contributed by atoms with Crippen molar-refractivity contribution in [1.82, 2.24) is 5.32 Å². The number of rotatable bonds is 0. The minimum absolute atomic E-state index is 0.0707. The van der Waals surface area contributed by atoms with E-state index in [9.17, 15) is 18.8 Å². The topological polar surface area (TPSA) is 75.7 Å². The van der Waals surface area contributed by atoms with Gasteiger partial charge in [-0.2, -0.15) is 0 Å². The summed E-state index contributed by atoms with van der Waals surface area (Å²) in [6, 6.07) is 3.91. The fourth-order valence-corrected chi connectivity index (χ4v) is 4.61. The molecule has 2 fully saturated rings. The molecule has 3 aliphatic rings. The van der Waals surface area contributed by atoms with Crippen LogP contribution in [-0.4, -0.2) is 42.4 Å². The second-order valence-corrected chi connectivity index (χ2v) is 7.15. The van der Waals surface area contributed by atoms with Crippen LogP contribution in [0.15, 0.2) is 18.2 Å². The van der Waals surface area contributed by atoms with E-state index in [1.165, 1.54) is 12.1 Å². The lowest BCUT2D eigenvalue weighted by molar-refractivity contribution is -0.158. The van der Waals surface area contributed by atoms with Crippen LogP contribution in [0.4, 0.5) is 10.1 Å². The molecule has 0 aromatic heterocycles. The van der Waals surface area contributed by atoms with Crippen LogP contribution in [0, 0.1) is 11.2 Å². The molecule has 4 rings (SSSR count). The Morgan fingerprint density at radius 3 is 2.76 bits per heavy atom. The molecule has 1 N–H and O–H groups in total. The van der Waals surface area contributed by atoms with E-state index in [4.69, 9.17) is 4.74 Å². The van der Waals surface area contributed by atoms with Gasteiger partial charge in [-0.15, -0.1) is 0 Å². The molecule has 7 heteroatoms. The van der Waals surface area contributed by atoms with Gasteiger partial charge in [0.2, 0.25) is 11.8 Å². The molecule has 0 aliphatic carbocycles. The van der Waals surface area contributed by atoms with Crippen LogP contribution in [0.1, 0.15) is 25.8 Å². The van der Waals surface area contributed by atoms with Gasteiger partial charge in [-0.05, 0) is 44.0 Å². The molecule has 0 unspecified atom stereocenters. The van der Waals surface area contributed by atoms with Crippen molar-refractivity contribution in [2.75, 3.05) is 11.4 Å². The molecule has 0 bridgehead atoms. The van der Waals surface area contributed by atoms with Gasteiger partial charge in [-0.1, -0.05) is 0 Å². The van der Waals surface area contributed by atoms with E-state index in [0.29, 0.717) is 12.1 Å².